The maximum Gasteiger partial charge on any atom is 0.347 e. The van der Waals surface area contributed by atoms with Gasteiger partial charge in [-0.1, -0.05) is 17.3 Å². The van der Waals surface area contributed by atoms with E-state index in [1.54, 1.807) is 31.4 Å². The van der Waals surface area contributed by atoms with Gasteiger partial charge in [0.2, 0.25) is 6.61 Å². The molecule has 152 valence electrons. The van der Waals surface area contributed by atoms with Crippen LogP contribution < -0.4 is 10.1 Å². The minimum atomic E-state index is -1.18. The highest BCUT2D eigenvalue weighted by molar-refractivity contribution is 5.96. The third kappa shape index (κ3) is 6.61. The zero-order chi connectivity index (χ0) is 21.2. The van der Waals surface area contributed by atoms with Crippen molar-refractivity contribution in [3.8, 4) is 5.75 Å². The van der Waals surface area contributed by atoms with Gasteiger partial charge in [0.1, 0.15) is 11.4 Å². The fraction of sp³-hybridized carbons (Fsp3) is 0.211. The fourth-order valence-electron chi connectivity index (χ4n) is 2.14. The molecule has 1 N–H and O–H groups in total. The van der Waals surface area contributed by atoms with E-state index in [-0.39, 0.29) is 11.4 Å². The molecule has 0 spiro atoms. The molecule has 0 fully saturated rings. The number of nitro groups is 1. The van der Waals surface area contributed by atoms with E-state index in [0.717, 1.165) is 5.56 Å². The number of hydrogen-bond donors (Lipinski definition) is 1. The van der Waals surface area contributed by atoms with Crippen molar-refractivity contribution in [1.29, 1.82) is 0 Å². The van der Waals surface area contributed by atoms with Crippen LogP contribution in [0.15, 0.2) is 53.7 Å². The van der Waals surface area contributed by atoms with Gasteiger partial charge in [-0.3, -0.25) is 14.9 Å². The molecule has 0 aromatic heterocycles. The molecule has 10 nitrogen and oxygen atoms in total. The lowest BCUT2D eigenvalue weighted by Crippen LogP contribution is -2.31. The molecule has 0 aliphatic carbocycles. The Kier molecular flexibility index (Phi) is 7.66. The first-order chi connectivity index (χ1) is 13.9. The summed E-state index contributed by atoms with van der Waals surface area (Å²) >= 11 is 0. The molecule has 10 heteroatoms. The fourth-order valence-corrected chi connectivity index (χ4v) is 2.14. The predicted molar refractivity (Wildman–Crippen MR) is 104 cm³/mol. The Bertz CT molecular complexity index is 897. The Balaban J connectivity index is 1.80. The average molecular weight is 401 g/mol. The van der Waals surface area contributed by atoms with Gasteiger partial charge < -0.3 is 19.6 Å². The van der Waals surface area contributed by atoms with Crippen molar-refractivity contribution in [2.45, 2.75) is 13.0 Å². The zero-order valence-corrected chi connectivity index (χ0v) is 15.7. The topological polar surface area (TPSA) is 129 Å². The molecule has 0 saturated carbocycles. The van der Waals surface area contributed by atoms with Crippen LogP contribution in [0.2, 0.25) is 0 Å². The van der Waals surface area contributed by atoms with Crippen LogP contribution in [0.4, 0.5) is 11.4 Å². The lowest BCUT2D eigenvalue weighted by molar-refractivity contribution is -0.383. The normalized spacial score (nSPS) is 11.5. The summed E-state index contributed by atoms with van der Waals surface area (Å²) in [5.74, 6) is -0.837. The van der Waals surface area contributed by atoms with Gasteiger partial charge in [0.15, 0.2) is 6.10 Å². The number of ether oxygens (including phenoxy) is 2. The van der Waals surface area contributed by atoms with E-state index in [9.17, 15) is 19.7 Å². The molecule has 0 heterocycles. The number of carbonyl (C=O) groups excluding carboxylic acids is 2. The second-order valence-electron chi connectivity index (χ2n) is 5.68. The highest BCUT2D eigenvalue weighted by atomic mass is 16.7. The van der Waals surface area contributed by atoms with Crippen molar-refractivity contribution in [1.82, 2.24) is 0 Å². The van der Waals surface area contributed by atoms with Crippen LogP contribution in [0.25, 0.3) is 0 Å². The number of esters is 1. The van der Waals surface area contributed by atoms with Crippen LogP contribution in [0, 0.1) is 10.1 Å². The standard InChI is InChI=1S/C19H19N3O7/c1-13(19(24)21-16-5-3-4-6-17(16)22(25)26)29-18(23)12-28-20-11-14-7-9-15(27-2)10-8-14/h3-11,13H,12H2,1-2H3,(H,21,24)/b20-11-/t13-/m0/s1. The monoisotopic (exact) mass is 401 g/mol. The van der Waals surface area contributed by atoms with Crippen molar-refractivity contribution >= 4 is 29.5 Å². The number of methoxy groups -OCH3 is 1. The van der Waals surface area contributed by atoms with Crippen LogP contribution in [0.1, 0.15) is 12.5 Å². The number of nitrogens with zero attached hydrogens (tertiary/aromatic N) is 2. The number of hydrogen-bond acceptors (Lipinski definition) is 8. The molecule has 0 radical (unpaired) electrons. The Morgan fingerprint density at radius 3 is 2.55 bits per heavy atom. The first kappa shape index (κ1) is 21.4. The van der Waals surface area contributed by atoms with Crippen LogP contribution in [0.5, 0.6) is 5.75 Å². The van der Waals surface area contributed by atoms with Gasteiger partial charge in [-0.2, -0.15) is 0 Å². The Hall–Kier alpha value is -3.95. The van der Waals surface area contributed by atoms with E-state index >= 15 is 0 Å². The van der Waals surface area contributed by atoms with E-state index in [1.165, 1.54) is 37.4 Å². The lowest BCUT2D eigenvalue weighted by Gasteiger charge is -2.13. The summed E-state index contributed by atoms with van der Waals surface area (Å²) in [5, 5.41) is 17.0. The molecule has 0 saturated heterocycles. The summed E-state index contributed by atoms with van der Waals surface area (Å²) in [5.41, 5.74) is 0.470. The van der Waals surface area contributed by atoms with Gasteiger partial charge >= 0.3 is 5.97 Å². The number of anilines is 1. The minimum absolute atomic E-state index is 0.00532. The number of rotatable bonds is 9. The quantitative estimate of drug-likeness (QED) is 0.296. The zero-order valence-electron chi connectivity index (χ0n) is 15.7. The Morgan fingerprint density at radius 1 is 1.21 bits per heavy atom. The summed E-state index contributed by atoms with van der Waals surface area (Å²) in [7, 11) is 1.56. The van der Waals surface area contributed by atoms with Crippen LogP contribution >= 0.6 is 0 Å². The SMILES string of the molecule is COc1ccc(/C=N\OCC(=O)O[C@@H](C)C(=O)Nc2ccccc2[N+](=O)[O-])cc1. The summed E-state index contributed by atoms with van der Waals surface area (Å²) in [4.78, 5) is 39.0. The smallest absolute Gasteiger partial charge is 0.347 e. The minimum Gasteiger partial charge on any atom is -0.497 e. The average Bonchev–Trinajstić information content (AvgIpc) is 2.71. The molecule has 0 bridgehead atoms. The highest BCUT2D eigenvalue weighted by Gasteiger charge is 2.21. The third-order valence-electron chi connectivity index (χ3n) is 3.61. The van der Waals surface area contributed by atoms with E-state index in [0.29, 0.717) is 5.75 Å². The van der Waals surface area contributed by atoms with Gasteiger partial charge in [0.25, 0.3) is 11.6 Å². The maximum atomic E-state index is 12.1. The van der Waals surface area contributed by atoms with Gasteiger partial charge in [0.05, 0.1) is 18.2 Å². The van der Waals surface area contributed by atoms with Crippen molar-refractivity contribution in [2.24, 2.45) is 5.16 Å². The molecule has 0 unspecified atom stereocenters. The Labute approximate surface area is 166 Å². The third-order valence-corrected chi connectivity index (χ3v) is 3.61. The van der Waals surface area contributed by atoms with E-state index in [4.69, 9.17) is 14.3 Å². The van der Waals surface area contributed by atoms with Gasteiger partial charge in [0, 0.05) is 6.07 Å². The second-order valence-corrected chi connectivity index (χ2v) is 5.68. The second kappa shape index (κ2) is 10.4. The number of oxime groups is 1. The van der Waals surface area contributed by atoms with Crippen molar-refractivity contribution < 1.29 is 28.8 Å². The van der Waals surface area contributed by atoms with E-state index < -0.39 is 29.5 Å². The molecule has 2 aromatic carbocycles. The number of benzene rings is 2. The molecular weight excluding hydrogens is 382 g/mol. The maximum absolute atomic E-state index is 12.1. The number of amides is 1. The van der Waals surface area contributed by atoms with Gasteiger partial charge in [-0.15, -0.1) is 0 Å². The molecule has 0 aliphatic rings. The van der Waals surface area contributed by atoms with Gasteiger partial charge in [-0.25, -0.2) is 4.79 Å². The molecule has 2 rings (SSSR count). The molecule has 1 atom stereocenters. The van der Waals surface area contributed by atoms with Crippen molar-refractivity contribution in [3.05, 3.63) is 64.2 Å². The summed E-state index contributed by atoms with van der Waals surface area (Å²) < 4.78 is 9.97. The van der Waals surface area contributed by atoms with Gasteiger partial charge in [-0.05, 0) is 42.8 Å². The number of carbonyl (C=O) groups is 2. The van der Waals surface area contributed by atoms with Crippen LogP contribution in [0.3, 0.4) is 0 Å². The number of nitrogens with one attached hydrogen (secondary N) is 1. The van der Waals surface area contributed by atoms with Crippen LogP contribution in [-0.4, -0.2) is 42.8 Å². The Morgan fingerprint density at radius 2 is 1.90 bits per heavy atom. The summed E-state index contributed by atoms with van der Waals surface area (Å²) in [6.45, 7) is 0.832. The number of nitro benzene ring substituents is 1. The number of para-hydroxylation sites is 2. The van der Waals surface area contributed by atoms with Crippen molar-refractivity contribution in [2.75, 3.05) is 19.0 Å². The predicted octanol–water partition coefficient (Wildman–Crippen LogP) is 2.52. The first-order valence-corrected chi connectivity index (χ1v) is 8.44. The lowest BCUT2D eigenvalue weighted by atomic mass is 10.2. The molecule has 29 heavy (non-hydrogen) atoms. The summed E-state index contributed by atoms with van der Waals surface area (Å²) in [6, 6.07) is 12.6. The summed E-state index contributed by atoms with van der Waals surface area (Å²) in [6.07, 6.45) is 0.216. The van der Waals surface area contributed by atoms with Crippen LogP contribution in [-0.2, 0) is 19.2 Å². The molecule has 2 aromatic rings. The highest BCUT2D eigenvalue weighted by Crippen LogP contribution is 2.23. The molecular formula is C19H19N3O7. The molecule has 1 amide bonds. The first-order valence-electron chi connectivity index (χ1n) is 8.44. The largest absolute Gasteiger partial charge is 0.497 e. The molecule has 0 aliphatic heterocycles. The van der Waals surface area contributed by atoms with E-state index in [2.05, 4.69) is 10.5 Å². The van der Waals surface area contributed by atoms with E-state index in [1.807, 2.05) is 0 Å². The van der Waals surface area contributed by atoms with Crippen molar-refractivity contribution in [3.63, 3.8) is 0 Å².